The second-order valence-electron chi connectivity index (χ2n) is 13.0. The van der Waals surface area contributed by atoms with Crippen LogP contribution in [0.3, 0.4) is 0 Å². The Bertz CT molecular complexity index is 814. The summed E-state index contributed by atoms with van der Waals surface area (Å²) in [4.78, 5) is 12.4. The van der Waals surface area contributed by atoms with E-state index in [9.17, 15) is 5.11 Å². The molecule has 0 unspecified atom stereocenters. The van der Waals surface area contributed by atoms with Gasteiger partial charge in [0.25, 0.3) is 0 Å². The van der Waals surface area contributed by atoms with Gasteiger partial charge in [-0.05, 0) is 126 Å². The minimum atomic E-state index is -0.653. The van der Waals surface area contributed by atoms with Gasteiger partial charge in [-0.15, -0.1) is 0 Å². The highest BCUT2D eigenvalue weighted by Gasteiger charge is 2.60. The molecule has 4 bridgehead atoms. The molecule has 6 heteroatoms. The Morgan fingerprint density at radius 1 is 0.919 bits per heavy atom. The van der Waals surface area contributed by atoms with Gasteiger partial charge in [-0.3, -0.25) is 0 Å². The Hall–Kier alpha value is -1.18. The maximum Gasteiger partial charge on any atom is 0.207 e. The molecule has 0 spiro atoms. The van der Waals surface area contributed by atoms with Gasteiger partial charge in [-0.2, -0.15) is 0 Å². The summed E-state index contributed by atoms with van der Waals surface area (Å²) in [5.41, 5.74) is 0.747. The summed E-state index contributed by atoms with van der Waals surface area (Å²) in [5, 5.41) is 13.0. The van der Waals surface area contributed by atoms with E-state index < -0.39 is 11.4 Å². The lowest BCUT2D eigenvalue weighted by Crippen LogP contribution is -2.60. The molecule has 37 heavy (non-hydrogen) atoms. The SMILES string of the molecule is COC1(OOC2CCC(c3ccc(OCCCCNCC(C)(C)O)cc3)CC2)C2CC3CC(C2)CC1C3. The molecule has 5 saturated carbocycles. The van der Waals surface area contributed by atoms with Crippen LogP contribution in [0.2, 0.25) is 0 Å². The molecule has 5 aliphatic carbocycles. The second kappa shape index (κ2) is 11.9. The number of unbranched alkanes of at least 4 members (excludes halogenated alkanes) is 1. The van der Waals surface area contributed by atoms with Crippen LogP contribution in [0.5, 0.6) is 5.75 Å². The number of nitrogens with one attached hydrogen (secondary N) is 1. The standard InChI is InChI=1S/C31H49NO5/c1-30(2,33)21-32-14-4-5-15-35-28-10-6-24(7-11-28)25-8-12-29(13-9-25)36-37-31(34-3)26-17-22-16-23(19-26)20-27(31)18-22/h6-7,10-11,22-23,25-27,29,32-33H,4-5,8-9,12-21H2,1-3H3. The molecule has 0 aliphatic heterocycles. The van der Waals surface area contributed by atoms with Crippen LogP contribution in [0.1, 0.15) is 96.0 Å². The van der Waals surface area contributed by atoms with Crippen LogP contribution in [-0.4, -0.2) is 49.4 Å². The van der Waals surface area contributed by atoms with Crippen molar-refractivity contribution in [2.24, 2.45) is 23.7 Å². The summed E-state index contributed by atoms with van der Waals surface area (Å²) in [6.07, 6.45) is 12.9. The lowest BCUT2D eigenvalue weighted by Gasteiger charge is -2.58. The number of methoxy groups -OCH3 is 1. The average Bonchev–Trinajstić information content (AvgIpc) is 2.88. The van der Waals surface area contributed by atoms with Crippen molar-refractivity contribution in [2.75, 3.05) is 26.8 Å². The highest BCUT2D eigenvalue weighted by atomic mass is 17.2. The number of aliphatic hydroxyl groups is 1. The van der Waals surface area contributed by atoms with E-state index >= 15 is 0 Å². The van der Waals surface area contributed by atoms with Crippen molar-refractivity contribution in [3.05, 3.63) is 29.8 Å². The van der Waals surface area contributed by atoms with E-state index in [1.165, 1.54) is 37.7 Å². The van der Waals surface area contributed by atoms with Crippen molar-refractivity contribution in [2.45, 2.75) is 108 Å². The van der Waals surface area contributed by atoms with Crippen LogP contribution in [0.25, 0.3) is 0 Å². The first-order chi connectivity index (χ1) is 17.8. The molecule has 1 aromatic carbocycles. The molecule has 5 fully saturated rings. The van der Waals surface area contributed by atoms with E-state index in [1.807, 2.05) is 21.0 Å². The van der Waals surface area contributed by atoms with Gasteiger partial charge in [0.2, 0.25) is 5.79 Å². The van der Waals surface area contributed by atoms with Gasteiger partial charge >= 0.3 is 0 Å². The van der Waals surface area contributed by atoms with E-state index in [4.69, 9.17) is 19.2 Å². The first kappa shape index (κ1) is 27.4. The van der Waals surface area contributed by atoms with Gasteiger partial charge in [-0.1, -0.05) is 12.1 Å². The molecule has 208 valence electrons. The van der Waals surface area contributed by atoms with Gasteiger partial charge in [0, 0.05) is 25.5 Å². The third-order valence-corrected chi connectivity index (χ3v) is 9.51. The van der Waals surface area contributed by atoms with Gasteiger partial charge in [0.1, 0.15) is 5.75 Å². The number of benzene rings is 1. The fourth-order valence-corrected chi connectivity index (χ4v) is 7.75. The van der Waals surface area contributed by atoms with Crippen molar-refractivity contribution in [1.29, 1.82) is 0 Å². The quantitative estimate of drug-likeness (QED) is 0.146. The Kier molecular flexibility index (Phi) is 8.82. The number of hydrogen-bond donors (Lipinski definition) is 2. The highest BCUT2D eigenvalue weighted by molar-refractivity contribution is 5.29. The number of ether oxygens (including phenoxy) is 2. The largest absolute Gasteiger partial charge is 0.494 e. The number of hydrogen-bond acceptors (Lipinski definition) is 6. The maximum atomic E-state index is 9.72. The Balaban J connectivity index is 1.00. The van der Waals surface area contributed by atoms with E-state index in [2.05, 4.69) is 29.6 Å². The molecule has 0 heterocycles. The normalized spacial score (nSPS) is 35.1. The van der Waals surface area contributed by atoms with Crippen LogP contribution in [0.15, 0.2) is 24.3 Å². The zero-order chi connectivity index (χ0) is 25.9. The molecule has 2 N–H and O–H groups in total. The lowest BCUT2D eigenvalue weighted by atomic mass is 9.53. The molecular weight excluding hydrogens is 466 g/mol. The lowest BCUT2D eigenvalue weighted by molar-refractivity contribution is -0.485. The molecule has 0 amide bonds. The zero-order valence-electron chi connectivity index (χ0n) is 23.3. The summed E-state index contributed by atoms with van der Waals surface area (Å²) in [5.74, 6) is 3.78. The fourth-order valence-electron chi connectivity index (χ4n) is 7.75. The van der Waals surface area contributed by atoms with E-state index in [0.717, 1.165) is 69.3 Å². The van der Waals surface area contributed by atoms with Crippen LogP contribution in [0.4, 0.5) is 0 Å². The molecule has 6 nitrogen and oxygen atoms in total. The summed E-state index contributed by atoms with van der Waals surface area (Å²) < 4.78 is 12.0. The van der Waals surface area contributed by atoms with E-state index in [1.54, 1.807) is 0 Å². The minimum absolute atomic E-state index is 0.168. The zero-order valence-corrected chi connectivity index (χ0v) is 23.3. The minimum Gasteiger partial charge on any atom is -0.494 e. The smallest absolute Gasteiger partial charge is 0.207 e. The summed E-state index contributed by atoms with van der Waals surface area (Å²) in [6, 6.07) is 8.69. The maximum absolute atomic E-state index is 9.72. The molecule has 5 aliphatic rings. The first-order valence-electron chi connectivity index (χ1n) is 14.9. The molecule has 0 atom stereocenters. The summed E-state index contributed by atoms with van der Waals surface area (Å²) in [6.45, 7) is 5.88. The van der Waals surface area contributed by atoms with Gasteiger partial charge in [-0.25, -0.2) is 9.78 Å². The monoisotopic (exact) mass is 515 g/mol. The first-order valence-corrected chi connectivity index (χ1v) is 14.9. The molecule has 0 radical (unpaired) electrons. The van der Waals surface area contributed by atoms with Crippen molar-refractivity contribution in [1.82, 2.24) is 5.32 Å². The van der Waals surface area contributed by atoms with Crippen molar-refractivity contribution in [3.8, 4) is 5.75 Å². The molecule has 1 aromatic rings. The van der Waals surface area contributed by atoms with Crippen LogP contribution in [-0.2, 0) is 14.5 Å². The topological polar surface area (TPSA) is 69.2 Å². The third kappa shape index (κ3) is 6.70. The molecule has 0 saturated heterocycles. The Morgan fingerprint density at radius 3 is 2.16 bits per heavy atom. The van der Waals surface area contributed by atoms with Gasteiger partial charge in [0.05, 0.1) is 18.3 Å². The molecular formula is C31H49NO5. The molecule has 0 aromatic heterocycles. The Labute approximate surface area is 223 Å². The van der Waals surface area contributed by atoms with E-state index in [0.29, 0.717) is 24.3 Å². The average molecular weight is 516 g/mol. The van der Waals surface area contributed by atoms with Crippen molar-refractivity contribution >= 4 is 0 Å². The van der Waals surface area contributed by atoms with E-state index in [-0.39, 0.29) is 6.10 Å². The van der Waals surface area contributed by atoms with Crippen LogP contribution >= 0.6 is 0 Å². The third-order valence-electron chi connectivity index (χ3n) is 9.51. The van der Waals surface area contributed by atoms with Crippen molar-refractivity contribution < 1.29 is 24.4 Å². The fraction of sp³-hybridized carbons (Fsp3) is 0.806. The summed E-state index contributed by atoms with van der Waals surface area (Å²) in [7, 11) is 1.83. The predicted molar refractivity (Wildman–Crippen MR) is 144 cm³/mol. The highest BCUT2D eigenvalue weighted by Crippen LogP contribution is 2.60. The number of rotatable bonds is 13. The van der Waals surface area contributed by atoms with Crippen LogP contribution in [0, 0.1) is 23.7 Å². The second-order valence-corrected chi connectivity index (χ2v) is 13.0. The summed E-state index contributed by atoms with van der Waals surface area (Å²) >= 11 is 0. The van der Waals surface area contributed by atoms with Gasteiger partial charge < -0.3 is 19.9 Å². The Morgan fingerprint density at radius 2 is 1.57 bits per heavy atom. The van der Waals surface area contributed by atoms with Crippen molar-refractivity contribution in [3.63, 3.8) is 0 Å². The predicted octanol–water partition coefficient (Wildman–Crippen LogP) is 5.98. The van der Waals surface area contributed by atoms with Crippen LogP contribution < -0.4 is 10.1 Å². The van der Waals surface area contributed by atoms with Gasteiger partial charge in [0.15, 0.2) is 0 Å². The molecule has 6 rings (SSSR count).